The number of likely N-dealkylation sites (N-methyl/N-ethyl adjacent to an activating group) is 1. The summed E-state index contributed by atoms with van der Waals surface area (Å²) in [6.45, 7) is 18.2. The van der Waals surface area contributed by atoms with E-state index in [-0.39, 0.29) is 73.5 Å². The smallest absolute Gasteiger partial charge is 0.326 e. The van der Waals surface area contributed by atoms with Gasteiger partial charge < -0.3 is 39.5 Å². The van der Waals surface area contributed by atoms with E-state index in [1.165, 1.54) is 29.3 Å². The van der Waals surface area contributed by atoms with Crippen LogP contribution in [0.1, 0.15) is 116 Å². The highest BCUT2D eigenvalue weighted by Gasteiger charge is 2.60. The van der Waals surface area contributed by atoms with Crippen molar-refractivity contribution in [3.63, 3.8) is 0 Å². The molecule has 2 fully saturated rings. The fraction of sp³-hybridized carbons (Fsp3) is 0.446. The van der Waals surface area contributed by atoms with E-state index >= 15 is 4.79 Å². The van der Waals surface area contributed by atoms with Gasteiger partial charge in [0, 0.05) is 75.5 Å². The van der Waals surface area contributed by atoms with Crippen LogP contribution in [0.5, 0.6) is 5.75 Å². The zero-order chi connectivity index (χ0) is 62.0. The van der Waals surface area contributed by atoms with Gasteiger partial charge in [-0.05, 0) is 116 Å². The summed E-state index contributed by atoms with van der Waals surface area (Å²) in [7, 11) is 3.35. The molecule has 2 saturated heterocycles. The van der Waals surface area contributed by atoms with Gasteiger partial charge in [-0.3, -0.25) is 29.1 Å². The Morgan fingerprint density at radius 3 is 2.24 bits per heavy atom. The van der Waals surface area contributed by atoms with Crippen LogP contribution in [0.4, 0.5) is 20.8 Å². The molecule has 4 aromatic carbocycles. The summed E-state index contributed by atoms with van der Waals surface area (Å²) >= 11 is 13.0. The predicted molar refractivity (Wildman–Crippen MR) is 333 cm³/mol. The topological polar surface area (TPSA) is 204 Å². The quantitative estimate of drug-likeness (QED) is 0.0846. The van der Waals surface area contributed by atoms with Crippen molar-refractivity contribution in [3.8, 4) is 23.1 Å². The average Bonchev–Trinajstić information content (AvgIpc) is 1.56. The Kier molecular flexibility index (Phi) is 18.6. The molecule has 4 aliphatic rings. The maximum Gasteiger partial charge on any atom is 0.326 e. The lowest BCUT2D eigenvalue weighted by Crippen LogP contribution is -2.60. The molecule has 6 aromatic rings. The number of nitrogens with zero attached hydrogens (tertiary/aromatic N) is 12. The van der Waals surface area contributed by atoms with Crippen molar-refractivity contribution < 1.29 is 33.0 Å². The van der Waals surface area contributed by atoms with Crippen molar-refractivity contribution in [2.75, 3.05) is 104 Å². The number of rotatable bonds is 17. The van der Waals surface area contributed by atoms with Gasteiger partial charge in [0.15, 0.2) is 17.3 Å². The zero-order valence-corrected chi connectivity index (χ0v) is 52.3. The zero-order valence-electron chi connectivity index (χ0n) is 50.8. The van der Waals surface area contributed by atoms with Crippen molar-refractivity contribution >= 4 is 58.5 Å². The lowest BCUT2D eigenvalue weighted by Gasteiger charge is -2.47. The third kappa shape index (κ3) is 12.6. The molecule has 22 heteroatoms. The van der Waals surface area contributed by atoms with Crippen molar-refractivity contribution in [2.24, 2.45) is 4.99 Å². The van der Waals surface area contributed by atoms with Gasteiger partial charge in [-0.25, -0.2) is 19.2 Å². The van der Waals surface area contributed by atoms with Gasteiger partial charge in [0.25, 0.3) is 5.91 Å². The minimum absolute atomic E-state index is 0.0279. The fourth-order valence-electron chi connectivity index (χ4n) is 12.3. The third-order valence-corrected chi connectivity index (χ3v) is 18.0. The summed E-state index contributed by atoms with van der Waals surface area (Å²) in [4.78, 5) is 69.4. The van der Waals surface area contributed by atoms with Crippen LogP contribution >= 0.6 is 23.2 Å². The van der Waals surface area contributed by atoms with E-state index in [2.05, 4.69) is 67.8 Å². The first kappa shape index (κ1) is 62.4. The van der Waals surface area contributed by atoms with E-state index < -0.39 is 16.9 Å². The average molecular weight is 1230 g/mol. The van der Waals surface area contributed by atoms with E-state index in [1.54, 1.807) is 23.7 Å². The Morgan fingerprint density at radius 1 is 0.885 bits per heavy atom. The number of carbonyl (C=O) groups is 3. The van der Waals surface area contributed by atoms with Crippen LogP contribution in [-0.2, 0) is 43.9 Å². The Hall–Kier alpha value is -7.67. The normalized spacial score (nSPS) is 19.6. The molecule has 2 N–H and O–H groups in total. The molecule has 458 valence electrons. The van der Waals surface area contributed by atoms with E-state index in [9.17, 15) is 19.2 Å². The number of nitrogens with two attached hydrogens (primary N) is 1. The van der Waals surface area contributed by atoms with Crippen molar-refractivity contribution in [2.45, 2.75) is 96.4 Å². The van der Waals surface area contributed by atoms with Gasteiger partial charge >= 0.3 is 6.03 Å². The SMILES string of the molecule is CCOc1cc(C(C)(C)C)ccc1C1=N[C@@](C)(c2ccc(Cl)cc2)[C@@](C)(c2ccc(Cl)cc2)N1C(=O)N1CCN(CCOCCOCCC(=O)N(C)CCn2nc(C#N)c3c2CN(C)C(=O)c2ccc(F)cc2[C@H]2CCCN2c2nc-3cnc2N)CC1. The summed E-state index contributed by atoms with van der Waals surface area (Å²) in [5, 5.41) is 16.2. The summed E-state index contributed by atoms with van der Waals surface area (Å²) in [6.07, 6.45) is 3.03. The number of carbonyl (C=O) groups excluding carboxylic acids is 3. The molecule has 0 saturated carbocycles. The number of ether oxygens (including phenoxy) is 3. The second-order valence-corrected chi connectivity index (χ2v) is 24.8. The largest absolute Gasteiger partial charge is 0.493 e. The highest BCUT2D eigenvalue weighted by atomic mass is 35.5. The molecule has 2 bridgehead atoms. The number of amidine groups is 1. The molecule has 87 heavy (non-hydrogen) atoms. The van der Waals surface area contributed by atoms with Gasteiger partial charge in [0.05, 0.1) is 87.3 Å². The minimum atomic E-state index is -1.05. The highest BCUT2D eigenvalue weighted by molar-refractivity contribution is 6.30. The number of amides is 4. The van der Waals surface area contributed by atoms with Crippen molar-refractivity contribution in [3.05, 3.63) is 152 Å². The first-order chi connectivity index (χ1) is 41.6. The lowest BCUT2D eigenvalue weighted by atomic mass is 9.71. The number of benzene rings is 4. The van der Waals surface area contributed by atoms with Crippen LogP contribution in [0.2, 0.25) is 10.0 Å². The lowest BCUT2D eigenvalue weighted by molar-refractivity contribution is -0.131. The molecule has 6 heterocycles. The number of piperazine rings is 1. The summed E-state index contributed by atoms with van der Waals surface area (Å²) in [5.41, 5.74) is 10.1. The fourth-order valence-corrected chi connectivity index (χ4v) is 12.6. The predicted octanol–water partition coefficient (Wildman–Crippen LogP) is 10.1. The number of nitrogen functional groups attached to an aromatic ring is 1. The second-order valence-electron chi connectivity index (χ2n) is 23.9. The number of aliphatic imine (C=N–C) groups is 1. The Morgan fingerprint density at radius 2 is 1.56 bits per heavy atom. The monoisotopic (exact) mass is 1220 g/mol. The van der Waals surface area contributed by atoms with Gasteiger partial charge in [-0.15, -0.1) is 0 Å². The molecule has 0 aliphatic carbocycles. The summed E-state index contributed by atoms with van der Waals surface area (Å²) in [5.74, 6) is 0.784. The maximum atomic E-state index is 15.6. The molecule has 0 radical (unpaired) electrons. The number of nitriles is 1. The first-order valence-corrected chi connectivity index (χ1v) is 30.5. The first-order valence-electron chi connectivity index (χ1n) is 29.7. The van der Waals surface area contributed by atoms with Crippen LogP contribution in [0.15, 0.2) is 96.1 Å². The van der Waals surface area contributed by atoms with Crippen LogP contribution < -0.4 is 15.4 Å². The molecule has 3 atom stereocenters. The molecule has 4 aliphatic heterocycles. The number of hydrogen-bond donors (Lipinski definition) is 1. The van der Waals surface area contributed by atoms with E-state index in [1.807, 2.05) is 76.2 Å². The Bertz CT molecular complexity index is 3600. The second kappa shape index (κ2) is 26.0. The molecule has 4 amide bonds. The number of aromatic nitrogens is 4. The molecular weight excluding hydrogens is 1150 g/mol. The number of anilines is 2. The van der Waals surface area contributed by atoms with Crippen LogP contribution in [0.25, 0.3) is 11.3 Å². The Labute approximate surface area is 518 Å². The molecule has 10 rings (SSSR count). The van der Waals surface area contributed by atoms with Gasteiger partial charge in [-0.2, -0.15) is 10.4 Å². The van der Waals surface area contributed by atoms with Crippen LogP contribution in [-0.4, -0.2) is 161 Å². The van der Waals surface area contributed by atoms with Crippen molar-refractivity contribution in [1.29, 1.82) is 5.26 Å². The minimum Gasteiger partial charge on any atom is -0.493 e. The van der Waals surface area contributed by atoms with Crippen molar-refractivity contribution in [1.82, 2.24) is 44.2 Å². The number of fused-ring (bicyclic) bond motifs is 8. The van der Waals surface area contributed by atoms with E-state index in [0.29, 0.717) is 128 Å². The number of halogens is 3. The highest BCUT2D eigenvalue weighted by Crippen LogP contribution is 2.54. The Balaban J connectivity index is 0.734. The van der Waals surface area contributed by atoms with E-state index in [0.717, 1.165) is 28.7 Å². The van der Waals surface area contributed by atoms with Gasteiger partial charge in [0.2, 0.25) is 5.91 Å². The van der Waals surface area contributed by atoms with Gasteiger partial charge in [-0.1, -0.05) is 74.3 Å². The number of hydrogen-bond acceptors (Lipinski definition) is 14. The molecular formula is C65H76Cl2FN13O6. The summed E-state index contributed by atoms with van der Waals surface area (Å²) < 4.78 is 34.7. The summed E-state index contributed by atoms with van der Waals surface area (Å²) in [6, 6.07) is 27.4. The maximum absolute atomic E-state index is 15.6. The number of urea groups is 1. The third-order valence-electron chi connectivity index (χ3n) is 17.5. The van der Waals surface area contributed by atoms with Crippen LogP contribution in [0, 0.1) is 17.1 Å². The molecule has 19 nitrogen and oxygen atoms in total. The molecule has 2 aromatic heterocycles. The molecule has 0 unspecified atom stereocenters. The van der Waals surface area contributed by atoms with E-state index in [4.69, 9.17) is 53.1 Å². The molecule has 0 spiro atoms. The van der Waals surface area contributed by atoms with Gasteiger partial charge in [0.1, 0.15) is 34.5 Å². The van der Waals surface area contributed by atoms with Crippen LogP contribution in [0.3, 0.4) is 0 Å². The standard InChI is InChI=1S/C65H76Cl2FN13O6/c1-9-87-55-37-44(63(2,3)4)16-22-49(55)59-73-64(5,42-12-17-45(66)18-13-42)65(6,43-14-19-46(67)20-15-43)81(59)62(84)78-29-27-77(28-30-78)32-34-86-36-35-85-33-24-56(82)75(7)26-31-80-54-41-76(8)61(83)48-23-21-47(68)38-50(48)53-11-10-25-79(53)60-58(70)71-40-52(72-60)57(54)51(39-69)74-80/h12-23,37-38,40,53H,9-11,24-36,41H2,1-8H3,(H2,70,71)/t53-,64+,65-/m1/s1.